The lowest BCUT2D eigenvalue weighted by molar-refractivity contribution is -0.162. The fourth-order valence-electron chi connectivity index (χ4n) is 2.48. The molecule has 0 aliphatic carbocycles. The SMILES string of the molecule is CCOC(=O)C(C(=O)OCC)[C@H](CC(C)=O)c1ccc(OC)cc1. The molecule has 0 spiro atoms. The quantitative estimate of drug-likeness (QED) is 0.509. The van der Waals surface area contributed by atoms with Gasteiger partial charge < -0.3 is 19.0 Å². The predicted molar refractivity (Wildman–Crippen MR) is 87.8 cm³/mol. The third kappa shape index (κ3) is 5.37. The number of hydrogen-bond acceptors (Lipinski definition) is 6. The van der Waals surface area contributed by atoms with Crippen molar-refractivity contribution in [1.82, 2.24) is 0 Å². The Bertz CT molecular complexity index is 545. The van der Waals surface area contributed by atoms with Crippen LogP contribution in [0.4, 0.5) is 0 Å². The van der Waals surface area contributed by atoms with Crippen LogP contribution >= 0.6 is 0 Å². The van der Waals surface area contributed by atoms with Crippen molar-refractivity contribution in [2.24, 2.45) is 5.92 Å². The molecule has 1 aromatic rings. The number of carbonyl (C=O) groups excluding carboxylic acids is 3. The Balaban J connectivity index is 3.25. The number of benzene rings is 1. The third-order valence-corrected chi connectivity index (χ3v) is 3.53. The summed E-state index contributed by atoms with van der Waals surface area (Å²) in [4.78, 5) is 36.3. The van der Waals surface area contributed by atoms with E-state index < -0.39 is 23.8 Å². The summed E-state index contributed by atoms with van der Waals surface area (Å²) < 4.78 is 15.2. The van der Waals surface area contributed by atoms with Crippen molar-refractivity contribution in [3.8, 4) is 5.75 Å². The second kappa shape index (κ2) is 9.70. The predicted octanol–water partition coefficient (Wildman–Crippen LogP) is 2.50. The summed E-state index contributed by atoms with van der Waals surface area (Å²) >= 11 is 0. The second-order valence-corrected chi connectivity index (χ2v) is 5.27. The van der Waals surface area contributed by atoms with E-state index in [-0.39, 0.29) is 25.4 Å². The van der Waals surface area contributed by atoms with Gasteiger partial charge in [-0.1, -0.05) is 12.1 Å². The third-order valence-electron chi connectivity index (χ3n) is 3.53. The Morgan fingerprint density at radius 3 is 1.83 bits per heavy atom. The lowest BCUT2D eigenvalue weighted by Crippen LogP contribution is -2.34. The molecule has 0 saturated heterocycles. The fourth-order valence-corrected chi connectivity index (χ4v) is 2.48. The molecule has 0 aromatic heterocycles. The van der Waals surface area contributed by atoms with Crippen molar-refractivity contribution < 1.29 is 28.6 Å². The highest BCUT2D eigenvalue weighted by Crippen LogP contribution is 2.32. The minimum Gasteiger partial charge on any atom is -0.497 e. The van der Waals surface area contributed by atoms with Gasteiger partial charge in [0.05, 0.1) is 20.3 Å². The Morgan fingerprint density at radius 2 is 1.46 bits per heavy atom. The molecule has 6 heteroatoms. The Labute approximate surface area is 142 Å². The Morgan fingerprint density at radius 1 is 0.958 bits per heavy atom. The molecule has 0 aliphatic heterocycles. The van der Waals surface area contributed by atoms with Gasteiger partial charge in [-0.15, -0.1) is 0 Å². The van der Waals surface area contributed by atoms with E-state index in [2.05, 4.69) is 0 Å². The topological polar surface area (TPSA) is 78.9 Å². The van der Waals surface area contributed by atoms with Gasteiger partial charge >= 0.3 is 11.9 Å². The number of esters is 2. The van der Waals surface area contributed by atoms with Gasteiger partial charge in [0.2, 0.25) is 0 Å². The summed E-state index contributed by atoms with van der Waals surface area (Å²) in [6, 6.07) is 6.90. The molecule has 1 rings (SSSR count). The van der Waals surface area contributed by atoms with Gasteiger partial charge in [-0.2, -0.15) is 0 Å². The van der Waals surface area contributed by atoms with Crippen LogP contribution in [0.2, 0.25) is 0 Å². The molecule has 0 saturated carbocycles. The summed E-state index contributed by atoms with van der Waals surface area (Å²) in [5, 5.41) is 0. The average Bonchev–Trinajstić information content (AvgIpc) is 2.54. The molecule has 0 fully saturated rings. The molecule has 24 heavy (non-hydrogen) atoms. The molecule has 0 heterocycles. The van der Waals surface area contributed by atoms with Gasteiger partial charge in [-0.05, 0) is 38.5 Å². The number of Topliss-reactive ketones (excluding diaryl/α,β-unsaturated/α-hetero) is 1. The van der Waals surface area contributed by atoms with Crippen LogP contribution in [-0.2, 0) is 23.9 Å². The van der Waals surface area contributed by atoms with Gasteiger partial charge in [0, 0.05) is 12.3 Å². The van der Waals surface area contributed by atoms with Crippen molar-refractivity contribution in [3.63, 3.8) is 0 Å². The number of carbonyl (C=O) groups is 3. The Hall–Kier alpha value is -2.37. The molecule has 0 N–H and O–H groups in total. The van der Waals surface area contributed by atoms with Crippen LogP contribution < -0.4 is 4.74 Å². The standard InChI is InChI=1S/C18H24O6/c1-5-23-17(20)16(18(21)24-6-2)15(11-12(3)19)13-7-9-14(22-4)10-8-13/h7-10,15-16H,5-6,11H2,1-4H3/t15-/m1/s1. The van der Waals surface area contributed by atoms with Crippen LogP contribution in [0.5, 0.6) is 5.75 Å². The summed E-state index contributed by atoms with van der Waals surface area (Å²) in [6.45, 7) is 5.03. The monoisotopic (exact) mass is 336 g/mol. The molecule has 1 aromatic carbocycles. The van der Waals surface area contributed by atoms with E-state index in [0.29, 0.717) is 11.3 Å². The molecule has 0 bridgehead atoms. The first-order valence-electron chi connectivity index (χ1n) is 7.91. The lowest BCUT2D eigenvalue weighted by atomic mass is 9.82. The van der Waals surface area contributed by atoms with E-state index in [1.54, 1.807) is 45.2 Å². The van der Waals surface area contributed by atoms with Crippen molar-refractivity contribution in [1.29, 1.82) is 0 Å². The second-order valence-electron chi connectivity index (χ2n) is 5.27. The number of ketones is 1. The van der Waals surface area contributed by atoms with E-state index in [1.807, 2.05) is 0 Å². The first-order chi connectivity index (χ1) is 11.4. The van der Waals surface area contributed by atoms with Crippen LogP contribution in [0.3, 0.4) is 0 Å². The van der Waals surface area contributed by atoms with E-state index >= 15 is 0 Å². The van der Waals surface area contributed by atoms with E-state index in [9.17, 15) is 14.4 Å². The van der Waals surface area contributed by atoms with Crippen molar-refractivity contribution in [3.05, 3.63) is 29.8 Å². The zero-order valence-corrected chi connectivity index (χ0v) is 14.5. The summed E-state index contributed by atoms with van der Waals surface area (Å²) in [5.41, 5.74) is 0.678. The van der Waals surface area contributed by atoms with Crippen molar-refractivity contribution in [2.45, 2.75) is 33.1 Å². The molecular weight excluding hydrogens is 312 g/mol. The van der Waals surface area contributed by atoms with E-state index in [4.69, 9.17) is 14.2 Å². The normalized spacial score (nSPS) is 11.7. The lowest BCUT2D eigenvalue weighted by Gasteiger charge is -2.24. The first-order valence-corrected chi connectivity index (χ1v) is 7.91. The average molecular weight is 336 g/mol. The molecule has 0 amide bonds. The maximum Gasteiger partial charge on any atom is 0.320 e. The van der Waals surface area contributed by atoms with Gasteiger partial charge in [-0.25, -0.2) is 0 Å². The minimum atomic E-state index is -1.18. The van der Waals surface area contributed by atoms with Crippen LogP contribution in [-0.4, -0.2) is 38.0 Å². The molecule has 6 nitrogen and oxygen atoms in total. The maximum atomic E-state index is 12.3. The number of hydrogen-bond donors (Lipinski definition) is 0. The zero-order valence-electron chi connectivity index (χ0n) is 14.5. The number of ether oxygens (including phenoxy) is 3. The van der Waals surface area contributed by atoms with Crippen LogP contribution in [0.15, 0.2) is 24.3 Å². The van der Waals surface area contributed by atoms with E-state index in [0.717, 1.165) is 0 Å². The summed E-state index contributed by atoms with van der Waals surface area (Å²) in [6.07, 6.45) is 0.0363. The molecule has 0 unspecified atom stereocenters. The maximum absolute atomic E-state index is 12.3. The highest BCUT2D eigenvalue weighted by Gasteiger charge is 2.39. The van der Waals surface area contributed by atoms with Gasteiger partial charge in [0.1, 0.15) is 11.5 Å². The first kappa shape index (κ1) is 19.7. The van der Waals surface area contributed by atoms with E-state index in [1.165, 1.54) is 6.92 Å². The highest BCUT2D eigenvalue weighted by atomic mass is 16.6. The highest BCUT2D eigenvalue weighted by molar-refractivity contribution is 5.97. The molecule has 132 valence electrons. The molecule has 1 atom stereocenters. The summed E-state index contributed by atoms with van der Waals surface area (Å²) in [5.74, 6) is -2.68. The zero-order chi connectivity index (χ0) is 18.1. The number of rotatable bonds is 9. The van der Waals surface area contributed by atoms with Crippen molar-refractivity contribution in [2.75, 3.05) is 20.3 Å². The molecular formula is C18H24O6. The Kier molecular flexibility index (Phi) is 7.95. The van der Waals surface area contributed by atoms with Gasteiger partial charge in [0.15, 0.2) is 5.92 Å². The van der Waals surface area contributed by atoms with Gasteiger partial charge in [0.25, 0.3) is 0 Å². The van der Waals surface area contributed by atoms with Crippen LogP contribution in [0.25, 0.3) is 0 Å². The minimum absolute atomic E-state index is 0.0363. The molecule has 0 radical (unpaired) electrons. The molecule has 0 aliphatic rings. The van der Waals surface area contributed by atoms with Crippen LogP contribution in [0.1, 0.15) is 38.7 Å². The number of methoxy groups -OCH3 is 1. The smallest absolute Gasteiger partial charge is 0.320 e. The summed E-state index contributed by atoms with van der Waals surface area (Å²) in [7, 11) is 1.54. The van der Waals surface area contributed by atoms with Crippen LogP contribution in [0, 0.1) is 5.92 Å². The van der Waals surface area contributed by atoms with Gasteiger partial charge in [-0.3, -0.25) is 9.59 Å². The fraction of sp³-hybridized carbons (Fsp3) is 0.500. The van der Waals surface area contributed by atoms with Crippen molar-refractivity contribution >= 4 is 17.7 Å². The largest absolute Gasteiger partial charge is 0.497 e.